The second-order valence-electron chi connectivity index (χ2n) is 4.61. The van der Waals surface area contributed by atoms with Gasteiger partial charge in [-0.05, 0) is 27.9 Å². The molecule has 3 heterocycles. The van der Waals surface area contributed by atoms with Gasteiger partial charge in [-0.3, -0.25) is 4.90 Å². The Morgan fingerprint density at radius 3 is 2.73 bits per heavy atom. The summed E-state index contributed by atoms with van der Waals surface area (Å²) in [6, 6.07) is 0. The molecule has 0 aromatic heterocycles. The maximum Gasteiger partial charge on any atom is 0.149 e. The molecule has 0 aliphatic carbocycles. The zero-order valence-corrected chi connectivity index (χ0v) is 10.1. The maximum atomic E-state index is 6.03. The fourth-order valence-corrected chi connectivity index (χ4v) is 2.10. The summed E-state index contributed by atoms with van der Waals surface area (Å²) in [6.07, 6.45) is 2.62. The van der Waals surface area contributed by atoms with Crippen molar-refractivity contribution < 1.29 is 4.74 Å². The van der Waals surface area contributed by atoms with Gasteiger partial charge in [0.1, 0.15) is 12.5 Å². The molecule has 4 nitrogen and oxygen atoms in total. The largest absolute Gasteiger partial charge is 0.370 e. The van der Waals surface area contributed by atoms with Crippen LogP contribution in [-0.2, 0) is 4.74 Å². The molecule has 0 amide bonds. The van der Waals surface area contributed by atoms with Gasteiger partial charge >= 0.3 is 0 Å². The van der Waals surface area contributed by atoms with Crippen LogP contribution in [0.4, 0.5) is 0 Å². The van der Waals surface area contributed by atoms with E-state index in [1.807, 2.05) is 14.1 Å². The van der Waals surface area contributed by atoms with Gasteiger partial charge in [-0.15, -0.1) is 0 Å². The molecule has 2 bridgehead atoms. The van der Waals surface area contributed by atoms with Gasteiger partial charge in [-0.25, -0.2) is 0 Å². The average Bonchev–Trinajstić information content (AvgIpc) is 2.17. The number of rotatable bonds is 3. The lowest BCUT2D eigenvalue weighted by molar-refractivity contribution is -0.153. The van der Waals surface area contributed by atoms with E-state index in [-0.39, 0.29) is 12.5 Å². The van der Waals surface area contributed by atoms with E-state index in [2.05, 4.69) is 34.7 Å². The lowest BCUT2D eigenvalue weighted by Gasteiger charge is -2.48. The SMILES string of the molecule is CC1=CN2CCN1C(OC(C)N(C)C)C2. The highest BCUT2D eigenvalue weighted by molar-refractivity contribution is 5.07. The minimum atomic E-state index is 0.170. The first-order chi connectivity index (χ1) is 7.08. The molecule has 0 N–H and O–H groups in total. The Labute approximate surface area is 92.1 Å². The molecule has 3 aliphatic heterocycles. The zero-order chi connectivity index (χ0) is 11.0. The first-order valence-corrected chi connectivity index (χ1v) is 5.59. The number of nitrogens with zero attached hydrogens (tertiary/aromatic N) is 3. The molecule has 0 radical (unpaired) electrons. The van der Waals surface area contributed by atoms with Crippen LogP contribution in [0.25, 0.3) is 0 Å². The molecule has 0 aromatic rings. The van der Waals surface area contributed by atoms with Crippen LogP contribution in [0.1, 0.15) is 13.8 Å². The third-order valence-electron chi connectivity index (χ3n) is 3.27. The van der Waals surface area contributed by atoms with Crippen LogP contribution < -0.4 is 0 Å². The topological polar surface area (TPSA) is 19.0 Å². The van der Waals surface area contributed by atoms with Gasteiger partial charge in [0.05, 0.1) is 6.54 Å². The summed E-state index contributed by atoms with van der Waals surface area (Å²) in [4.78, 5) is 6.81. The molecule has 0 saturated carbocycles. The van der Waals surface area contributed by atoms with Gasteiger partial charge in [0.15, 0.2) is 0 Å². The highest BCUT2D eigenvalue weighted by Crippen LogP contribution is 2.24. The Kier molecular flexibility index (Phi) is 2.89. The standard InChI is InChI=1S/C11H21N3O/c1-9-7-13-5-6-14(9)11(8-13)15-10(2)12(3)4/h7,10-11H,5-6,8H2,1-4H3. The number of hydrogen-bond donors (Lipinski definition) is 0. The van der Waals surface area contributed by atoms with Gasteiger partial charge in [0, 0.05) is 25.0 Å². The van der Waals surface area contributed by atoms with Crippen molar-refractivity contribution in [2.45, 2.75) is 26.3 Å². The van der Waals surface area contributed by atoms with Crippen LogP contribution in [0.15, 0.2) is 11.9 Å². The summed E-state index contributed by atoms with van der Waals surface area (Å²) in [5, 5.41) is 0. The first-order valence-electron chi connectivity index (χ1n) is 5.59. The molecule has 86 valence electrons. The predicted octanol–water partition coefficient (Wildman–Crippen LogP) is 0.729. The number of hydrogen-bond acceptors (Lipinski definition) is 4. The molecular formula is C11H21N3O. The lowest BCUT2D eigenvalue weighted by atomic mass is 10.2. The highest BCUT2D eigenvalue weighted by atomic mass is 16.5. The smallest absolute Gasteiger partial charge is 0.149 e. The number of fused-ring (bicyclic) bond motifs is 2. The van der Waals surface area contributed by atoms with Crippen molar-refractivity contribution in [3.05, 3.63) is 11.9 Å². The molecule has 1 fully saturated rings. The van der Waals surface area contributed by atoms with Crippen molar-refractivity contribution in [2.75, 3.05) is 33.7 Å². The van der Waals surface area contributed by atoms with Crippen LogP contribution >= 0.6 is 0 Å². The molecule has 3 rings (SSSR count). The predicted molar refractivity (Wildman–Crippen MR) is 60.1 cm³/mol. The number of allylic oxidation sites excluding steroid dienone is 1. The summed E-state index contributed by atoms with van der Waals surface area (Å²) < 4.78 is 6.03. The Balaban J connectivity index is 1.98. The van der Waals surface area contributed by atoms with Gasteiger partial charge < -0.3 is 14.5 Å². The van der Waals surface area contributed by atoms with Crippen molar-refractivity contribution in [1.82, 2.24) is 14.7 Å². The third kappa shape index (κ3) is 2.11. The molecule has 1 saturated heterocycles. The van der Waals surface area contributed by atoms with Crippen LogP contribution in [0, 0.1) is 0 Å². The quantitative estimate of drug-likeness (QED) is 0.641. The molecule has 2 atom stereocenters. The second kappa shape index (κ2) is 4.02. The summed E-state index contributed by atoms with van der Waals surface area (Å²) in [5.41, 5.74) is 1.32. The van der Waals surface area contributed by atoms with Gasteiger partial charge in [-0.2, -0.15) is 0 Å². The summed E-state index contributed by atoms with van der Waals surface area (Å²) >= 11 is 0. The lowest BCUT2D eigenvalue weighted by Crippen LogP contribution is -2.57. The zero-order valence-electron chi connectivity index (χ0n) is 10.1. The molecule has 15 heavy (non-hydrogen) atoms. The molecule has 2 unspecified atom stereocenters. The molecular weight excluding hydrogens is 190 g/mol. The van der Waals surface area contributed by atoms with Crippen LogP contribution in [0.3, 0.4) is 0 Å². The molecule has 3 aliphatic rings. The summed E-state index contributed by atoms with van der Waals surface area (Å²) in [7, 11) is 4.09. The Morgan fingerprint density at radius 2 is 2.20 bits per heavy atom. The third-order valence-corrected chi connectivity index (χ3v) is 3.27. The second-order valence-corrected chi connectivity index (χ2v) is 4.61. The molecule has 0 spiro atoms. The van der Waals surface area contributed by atoms with Crippen LogP contribution in [0.5, 0.6) is 0 Å². The monoisotopic (exact) mass is 211 g/mol. The van der Waals surface area contributed by atoms with E-state index in [1.54, 1.807) is 0 Å². The van der Waals surface area contributed by atoms with E-state index in [0.29, 0.717) is 0 Å². The van der Waals surface area contributed by atoms with Crippen molar-refractivity contribution in [1.29, 1.82) is 0 Å². The van der Waals surface area contributed by atoms with Crippen LogP contribution in [0.2, 0.25) is 0 Å². The average molecular weight is 211 g/mol. The van der Waals surface area contributed by atoms with Gasteiger partial charge in [0.25, 0.3) is 0 Å². The summed E-state index contributed by atoms with van der Waals surface area (Å²) in [5.74, 6) is 0. The fraction of sp³-hybridized carbons (Fsp3) is 0.818. The van der Waals surface area contributed by atoms with E-state index in [0.717, 1.165) is 19.6 Å². The minimum Gasteiger partial charge on any atom is -0.370 e. The van der Waals surface area contributed by atoms with E-state index in [9.17, 15) is 0 Å². The first kappa shape index (κ1) is 10.8. The van der Waals surface area contributed by atoms with Gasteiger partial charge in [0.2, 0.25) is 0 Å². The van der Waals surface area contributed by atoms with E-state index in [1.165, 1.54) is 5.70 Å². The number of piperazine rings is 1. The minimum absolute atomic E-state index is 0.170. The van der Waals surface area contributed by atoms with Crippen LogP contribution in [-0.4, -0.2) is 60.9 Å². The fourth-order valence-electron chi connectivity index (χ4n) is 2.10. The van der Waals surface area contributed by atoms with E-state index in [4.69, 9.17) is 4.74 Å². The molecule has 0 aromatic carbocycles. The van der Waals surface area contributed by atoms with Gasteiger partial charge in [-0.1, -0.05) is 0 Å². The normalized spacial score (nSPS) is 27.3. The Morgan fingerprint density at radius 1 is 1.47 bits per heavy atom. The molecule has 4 heteroatoms. The number of ether oxygens (including phenoxy) is 1. The van der Waals surface area contributed by atoms with Crippen molar-refractivity contribution in [3.8, 4) is 0 Å². The Bertz CT molecular complexity index is 265. The highest BCUT2D eigenvalue weighted by Gasteiger charge is 2.32. The Hall–Kier alpha value is -0.740. The maximum absolute atomic E-state index is 6.03. The summed E-state index contributed by atoms with van der Waals surface area (Å²) in [6.45, 7) is 7.47. The van der Waals surface area contributed by atoms with Crippen molar-refractivity contribution >= 4 is 0 Å². The van der Waals surface area contributed by atoms with Crippen molar-refractivity contribution in [2.24, 2.45) is 0 Å². The van der Waals surface area contributed by atoms with E-state index >= 15 is 0 Å². The van der Waals surface area contributed by atoms with E-state index < -0.39 is 0 Å². The van der Waals surface area contributed by atoms with Crippen molar-refractivity contribution in [3.63, 3.8) is 0 Å².